The van der Waals surface area contributed by atoms with Crippen molar-refractivity contribution in [3.63, 3.8) is 0 Å². The highest BCUT2D eigenvalue weighted by Crippen LogP contribution is 2.24. The fourth-order valence-electron chi connectivity index (χ4n) is 1.11. The van der Waals surface area contributed by atoms with Crippen molar-refractivity contribution in [2.24, 2.45) is 0 Å². The van der Waals surface area contributed by atoms with E-state index >= 15 is 0 Å². The van der Waals surface area contributed by atoms with Gasteiger partial charge in [0, 0.05) is 10.7 Å². The molecule has 2 aromatic rings. The van der Waals surface area contributed by atoms with Gasteiger partial charge >= 0.3 is 6.01 Å². The number of aromatic nitrogens is 4. The molecule has 0 radical (unpaired) electrons. The van der Waals surface area contributed by atoms with E-state index in [0.717, 1.165) is 9.50 Å². The van der Waals surface area contributed by atoms with Crippen molar-refractivity contribution in [3.05, 3.63) is 22.8 Å². The number of nitrogens with zero attached hydrogens (tertiary/aromatic N) is 4. The molecule has 0 aliphatic heterocycles. The van der Waals surface area contributed by atoms with E-state index in [1.54, 1.807) is 6.20 Å². The van der Waals surface area contributed by atoms with Gasteiger partial charge in [0.15, 0.2) is 0 Å². The summed E-state index contributed by atoms with van der Waals surface area (Å²) in [4.78, 5) is 16.2. The van der Waals surface area contributed by atoms with E-state index < -0.39 is 0 Å². The number of pyridine rings is 1. The third-order valence-electron chi connectivity index (χ3n) is 1.78. The summed E-state index contributed by atoms with van der Waals surface area (Å²) in [5.74, 6) is 0.132. The molecule has 0 amide bonds. The Morgan fingerprint density at radius 3 is 2.83 bits per heavy atom. The maximum atomic E-state index is 5.58. The van der Waals surface area contributed by atoms with Crippen LogP contribution in [0.3, 0.4) is 0 Å². The van der Waals surface area contributed by atoms with Crippen molar-refractivity contribution in [1.82, 2.24) is 19.9 Å². The van der Waals surface area contributed by atoms with Crippen LogP contribution < -0.4 is 10.5 Å². The first-order valence-corrected chi connectivity index (χ1v) is 6.72. The molecular formula is C10H10BrN5OS. The molecular weight excluding hydrogens is 318 g/mol. The van der Waals surface area contributed by atoms with Crippen LogP contribution >= 0.6 is 27.7 Å². The molecule has 0 bridgehead atoms. The summed E-state index contributed by atoms with van der Waals surface area (Å²) in [6.45, 7) is 2.33. The van der Waals surface area contributed by atoms with E-state index in [1.165, 1.54) is 11.8 Å². The zero-order valence-corrected chi connectivity index (χ0v) is 11.9. The van der Waals surface area contributed by atoms with E-state index in [1.807, 2.05) is 19.1 Å². The molecule has 0 saturated heterocycles. The number of halogens is 1. The number of nitrogen functional groups attached to an aromatic ring is 1. The Labute approximate surface area is 117 Å². The van der Waals surface area contributed by atoms with Crippen molar-refractivity contribution in [2.45, 2.75) is 17.1 Å². The van der Waals surface area contributed by atoms with Crippen LogP contribution in [0, 0.1) is 0 Å². The quantitative estimate of drug-likeness (QED) is 0.920. The van der Waals surface area contributed by atoms with Crippen molar-refractivity contribution in [2.75, 3.05) is 12.3 Å². The zero-order chi connectivity index (χ0) is 13.0. The molecule has 18 heavy (non-hydrogen) atoms. The molecule has 94 valence electrons. The average molecular weight is 328 g/mol. The van der Waals surface area contributed by atoms with Gasteiger partial charge < -0.3 is 10.5 Å². The first-order valence-electron chi connectivity index (χ1n) is 5.11. The number of hydrogen-bond acceptors (Lipinski definition) is 7. The Bertz CT molecular complexity index is 536. The van der Waals surface area contributed by atoms with Crippen molar-refractivity contribution in [3.8, 4) is 6.01 Å². The van der Waals surface area contributed by atoms with Crippen LogP contribution in [0.25, 0.3) is 0 Å². The summed E-state index contributed by atoms with van der Waals surface area (Å²) < 4.78 is 6.11. The minimum absolute atomic E-state index is 0.132. The minimum Gasteiger partial charge on any atom is -0.464 e. The van der Waals surface area contributed by atoms with Crippen LogP contribution in [0.1, 0.15) is 6.92 Å². The van der Waals surface area contributed by atoms with Gasteiger partial charge in [0.25, 0.3) is 0 Å². The zero-order valence-electron chi connectivity index (χ0n) is 9.50. The standard InChI is InChI=1S/C10H10BrN5OS/c1-2-17-9-14-8(12)15-10(16-9)18-7-4-3-6(11)5-13-7/h3-5H,2H2,1H3,(H2,12,14,15,16). The Kier molecular flexibility index (Phi) is 4.32. The fourth-order valence-corrected chi connectivity index (χ4v) is 2.03. The van der Waals surface area contributed by atoms with Crippen molar-refractivity contribution < 1.29 is 4.74 Å². The van der Waals surface area contributed by atoms with E-state index in [2.05, 4.69) is 35.9 Å². The molecule has 2 N–H and O–H groups in total. The summed E-state index contributed by atoms with van der Waals surface area (Å²) >= 11 is 4.62. The van der Waals surface area contributed by atoms with Gasteiger partial charge in [0.1, 0.15) is 5.03 Å². The Balaban J connectivity index is 2.20. The number of hydrogen-bond donors (Lipinski definition) is 1. The summed E-state index contributed by atoms with van der Waals surface area (Å²) in [7, 11) is 0. The van der Waals surface area contributed by atoms with Crippen LogP contribution in [0.4, 0.5) is 5.95 Å². The van der Waals surface area contributed by atoms with E-state index in [9.17, 15) is 0 Å². The Hall–Kier alpha value is -1.41. The molecule has 0 saturated carbocycles. The summed E-state index contributed by atoms with van der Waals surface area (Å²) in [5.41, 5.74) is 5.58. The number of anilines is 1. The molecule has 0 spiro atoms. The highest BCUT2D eigenvalue weighted by molar-refractivity contribution is 9.10. The lowest BCUT2D eigenvalue weighted by molar-refractivity contribution is 0.308. The fraction of sp³-hybridized carbons (Fsp3) is 0.200. The lowest BCUT2D eigenvalue weighted by Crippen LogP contribution is -2.04. The van der Waals surface area contributed by atoms with Gasteiger partial charge in [-0.25, -0.2) is 4.98 Å². The number of ether oxygens (including phenoxy) is 1. The molecule has 6 nitrogen and oxygen atoms in total. The highest BCUT2D eigenvalue weighted by atomic mass is 79.9. The molecule has 2 aromatic heterocycles. The summed E-state index contributed by atoms with van der Waals surface area (Å²) in [5, 5.41) is 1.23. The first kappa shape index (κ1) is 13.0. The number of rotatable bonds is 4. The van der Waals surface area contributed by atoms with Crippen LogP contribution in [-0.4, -0.2) is 26.5 Å². The predicted molar refractivity (Wildman–Crippen MR) is 71.5 cm³/mol. The Morgan fingerprint density at radius 1 is 1.33 bits per heavy atom. The molecule has 8 heteroatoms. The van der Waals surface area contributed by atoms with Gasteiger partial charge in [0.05, 0.1) is 6.61 Å². The lowest BCUT2D eigenvalue weighted by atomic mass is 10.5. The average Bonchev–Trinajstić information content (AvgIpc) is 2.32. The van der Waals surface area contributed by atoms with Crippen LogP contribution in [0.2, 0.25) is 0 Å². The van der Waals surface area contributed by atoms with Gasteiger partial charge in [-0.05, 0) is 46.7 Å². The van der Waals surface area contributed by atoms with Crippen LogP contribution in [-0.2, 0) is 0 Å². The van der Waals surface area contributed by atoms with E-state index in [0.29, 0.717) is 11.8 Å². The van der Waals surface area contributed by atoms with Gasteiger partial charge in [-0.3, -0.25) is 0 Å². The summed E-state index contributed by atoms with van der Waals surface area (Å²) in [6, 6.07) is 3.97. The molecule has 0 atom stereocenters. The molecule has 2 rings (SSSR count). The largest absolute Gasteiger partial charge is 0.464 e. The van der Waals surface area contributed by atoms with E-state index in [4.69, 9.17) is 10.5 Å². The monoisotopic (exact) mass is 327 g/mol. The smallest absolute Gasteiger partial charge is 0.322 e. The van der Waals surface area contributed by atoms with Crippen LogP contribution in [0.15, 0.2) is 33.0 Å². The number of nitrogens with two attached hydrogens (primary N) is 1. The predicted octanol–water partition coefficient (Wildman–Crippen LogP) is 2.16. The van der Waals surface area contributed by atoms with Gasteiger partial charge in [-0.1, -0.05) is 0 Å². The van der Waals surface area contributed by atoms with Gasteiger partial charge in [-0.2, -0.15) is 15.0 Å². The molecule has 0 aliphatic rings. The minimum atomic E-state index is 0.132. The second kappa shape index (κ2) is 5.96. The van der Waals surface area contributed by atoms with Gasteiger partial charge in [-0.15, -0.1) is 0 Å². The molecule has 0 aromatic carbocycles. The maximum Gasteiger partial charge on any atom is 0.322 e. The van der Waals surface area contributed by atoms with Crippen molar-refractivity contribution in [1.29, 1.82) is 0 Å². The van der Waals surface area contributed by atoms with Crippen molar-refractivity contribution >= 4 is 33.6 Å². The second-order valence-electron chi connectivity index (χ2n) is 3.11. The van der Waals surface area contributed by atoms with Crippen LogP contribution in [0.5, 0.6) is 6.01 Å². The molecule has 0 fully saturated rings. The molecule has 0 unspecified atom stereocenters. The first-order chi connectivity index (χ1) is 8.67. The Morgan fingerprint density at radius 2 is 2.17 bits per heavy atom. The highest BCUT2D eigenvalue weighted by Gasteiger charge is 2.07. The van der Waals surface area contributed by atoms with Gasteiger partial charge in [0.2, 0.25) is 11.1 Å². The SMILES string of the molecule is CCOc1nc(N)nc(Sc2ccc(Br)cn2)n1. The molecule has 0 aliphatic carbocycles. The second-order valence-corrected chi connectivity index (χ2v) is 5.01. The molecule has 2 heterocycles. The lowest BCUT2D eigenvalue weighted by Gasteiger charge is -2.04. The van der Waals surface area contributed by atoms with E-state index in [-0.39, 0.29) is 12.0 Å². The summed E-state index contributed by atoms with van der Waals surface area (Å²) in [6.07, 6.45) is 1.70. The maximum absolute atomic E-state index is 5.58. The third kappa shape index (κ3) is 3.54. The topological polar surface area (TPSA) is 86.8 Å². The normalized spacial score (nSPS) is 10.3. The third-order valence-corrected chi connectivity index (χ3v) is 3.07.